The molecule has 2 heteroatoms. The Morgan fingerprint density at radius 2 is 1.72 bits per heavy atom. The molecular weight excluding hydrogens is 224 g/mol. The Kier molecular flexibility index (Phi) is 8.30. The van der Waals surface area contributed by atoms with Gasteiger partial charge in [-0.3, -0.25) is 4.79 Å². The first-order valence-electron chi connectivity index (χ1n) is 7.53. The highest BCUT2D eigenvalue weighted by molar-refractivity contribution is 5.69. The fourth-order valence-electron chi connectivity index (χ4n) is 2.42. The summed E-state index contributed by atoms with van der Waals surface area (Å²) < 4.78 is 0. The number of rotatable bonds is 9. The van der Waals surface area contributed by atoms with Crippen LogP contribution in [0.15, 0.2) is 0 Å². The third kappa shape index (κ3) is 8.54. The summed E-state index contributed by atoms with van der Waals surface area (Å²) in [7, 11) is 0. The topological polar surface area (TPSA) is 37.3 Å². The maximum absolute atomic E-state index is 11.0. The molecule has 0 radical (unpaired) electrons. The number of hydrogen-bond donors (Lipinski definition) is 1. The van der Waals surface area contributed by atoms with Crippen molar-refractivity contribution < 1.29 is 9.90 Å². The maximum atomic E-state index is 11.0. The standard InChI is InChI=1S/C16H32O2/c1-6-13(12-14(7-2)15(17)18)10-8-9-11-16(3,4)5/h13-14H,6-12H2,1-5H3,(H,17,18). The van der Waals surface area contributed by atoms with Gasteiger partial charge in [-0.1, -0.05) is 60.3 Å². The highest BCUT2D eigenvalue weighted by atomic mass is 16.4. The Morgan fingerprint density at radius 3 is 2.11 bits per heavy atom. The predicted octanol–water partition coefficient (Wildman–Crippen LogP) is 5.12. The minimum atomic E-state index is -0.620. The van der Waals surface area contributed by atoms with Crippen LogP contribution in [0.1, 0.15) is 79.6 Å². The van der Waals surface area contributed by atoms with E-state index < -0.39 is 5.97 Å². The van der Waals surface area contributed by atoms with Crippen molar-refractivity contribution in [1.82, 2.24) is 0 Å². The molecule has 0 heterocycles. The van der Waals surface area contributed by atoms with Crippen LogP contribution in [0.4, 0.5) is 0 Å². The molecule has 0 bridgehead atoms. The van der Waals surface area contributed by atoms with Crippen molar-refractivity contribution in [3.63, 3.8) is 0 Å². The van der Waals surface area contributed by atoms with Gasteiger partial charge in [0.1, 0.15) is 0 Å². The molecule has 1 N–H and O–H groups in total. The van der Waals surface area contributed by atoms with E-state index in [1.54, 1.807) is 0 Å². The Hall–Kier alpha value is -0.530. The van der Waals surface area contributed by atoms with Crippen molar-refractivity contribution in [2.45, 2.75) is 79.6 Å². The van der Waals surface area contributed by atoms with E-state index in [1.165, 1.54) is 25.7 Å². The Morgan fingerprint density at radius 1 is 1.11 bits per heavy atom. The zero-order valence-electron chi connectivity index (χ0n) is 13.0. The minimum absolute atomic E-state index is 0.141. The molecule has 2 atom stereocenters. The summed E-state index contributed by atoms with van der Waals surface area (Å²) in [5, 5.41) is 9.10. The van der Waals surface area contributed by atoms with Gasteiger partial charge in [-0.2, -0.15) is 0 Å². The van der Waals surface area contributed by atoms with Crippen LogP contribution in [0.2, 0.25) is 0 Å². The first-order chi connectivity index (χ1) is 8.30. The van der Waals surface area contributed by atoms with Crippen LogP contribution >= 0.6 is 0 Å². The van der Waals surface area contributed by atoms with Gasteiger partial charge in [0.25, 0.3) is 0 Å². The SMILES string of the molecule is CCC(CCCCC(C)(C)C)CC(CC)C(=O)O. The highest BCUT2D eigenvalue weighted by Crippen LogP contribution is 2.27. The molecule has 2 nitrogen and oxygen atoms in total. The number of unbranched alkanes of at least 4 members (excludes halogenated alkanes) is 1. The first kappa shape index (κ1) is 17.5. The molecule has 2 unspecified atom stereocenters. The lowest BCUT2D eigenvalue weighted by Gasteiger charge is -2.21. The molecule has 0 saturated carbocycles. The smallest absolute Gasteiger partial charge is 0.306 e. The van der Waals surface area contributed by atoms with Crippen LogP contribution in [0, 0.1) is 17.3 Å². The zero-order chi connectivity index (χ0) is 14.2. The molecule has 0 saturated heterocycles. The van der Waals surface area contributed by atoms with Gasteiger partial charge in [-0.05, 0) is 30.6 Å². The largest absolute Gasteiger partial charge is 0.481 e. The summed E-state index contributed by atoms with van der Waals surface area (Å²) in [6.45, 7) is 11.0. The molecule has 18 heavy (non-hydrogen) atoms. The maximum Gasteiger partial charge on any atom is 0.306 e. The third-order valence-electron chi connectivity index (χ3n) is 3.83. The molecular formula is C16H32O2. The van der Waals surface area contributed by atoms with Crippen molar-refractivity contribution in [2.75, 3.05) is 0 Å². The molecule has 0 aliphatic heterocycles. The van der Waals surface area contributed by atoms with Gasteiger partial charge in [-0.25, -0.2) is 0 Å². The average Bonchev–Trinajstić information content (AvgIpc) is 2.26. The van der Waals surface area contributed by atoms with Gasteiger partial charge in [0.05, 0.1) is 5.92 Å². The monoisotopic (exact) mass is 256 g/mol. The van der Waals surface area contributed by atoms with E-state index in [4.69, 9.17) is 5.11 Å². The summed E-state index contributed by atoms with van der Waals surface area (Å²) in [4.78, 5) is 11.0. The van der Waals surface area contributed by atoms with Gasteiger partial charge >= 0.3 is 5.97 Å². The van der Waals surface area contributed by atoms with Gasteiger partial charge in [0.2, 0.25) is 0 Å². The van der Waals surface area contributed by atoms with Crippen LogP contribution in [0.3, 0.4) is 0 Å². The van der Waals surface area contributed by atoms with E-state index in [2.05, 4.69) is 27.7 Å². The summed E-state index contributed by atoms with van der Waals surface area (Å²) in [5.74, 6) is -0.172. The van der Waals surface area contributed by atoms with Crippen LogP contribution in [0.5, 0.6) is 0 Å². The molecule has 0 aromatic rings. The number of carboxylic acid groups (broad SMARTS) is 1. The molecule has 0 aliphatic carbocycles. The van der Waals surface area contributed by atoms with E-state index in [-0.39, 0.29) is 5.92 Å². The summed E-state index contributed by atoms with van der Waals surface area (Å²) in [5.41, 5.74) is 0.425. The fraction of sp³-hybridized carbons (Fsp3) is 0.938. The Bertz CT molecular complexity index is 228. The summed E-state index contributed by atoms with van der Waals surface area (Å²) in [6.07, 6.45) is 7.69. The van der Waals surface area contributed by atoms with Crippen LogP contribution < -0.4 is 0 Å². The molecule has 0 rings (SSSR count). The molecule has 0 aliphatic rings. The van der Waals surface area contributed by atoms with E-state index in [1.807, 2.05) is 6.92 Å². The third-order valence-corrected chi connectivity index (χ3v) is 3.83. The van der Waals surface area contributed by atoms with E-state index in [9.17, 15) is 4.79 Å². The lowest BCUT2D eigenvalue weighted by Crippen LogP contribution is -2.17. The van der Waals surface area contributed by atoms with Gasteiger partial charge in [-0.15, -0.1) is 0 Å². The quantitative estimate of drug-likeness (QED) is 0.581. The Labute approximate surface area is 113 Å². The predicted molar refractivity (Wildman–Crippen MR) is 77.7 cm³/mol. The fourth-order valence-corrected chi connectivity index (χ4v) is 2.42. The molecule has 0 spiro atoms. The van der Waals surface area contributed by atoms with Crippen molar-refractivity contribution >= 4 is 5.97 Å². The number of carbonyl (C=O) groups is 1. The van der Waals surface area contributed by atoms with Crippen LogP contribution in [-0.4, -0.2) is 11.1 Å². The summed E-state index contributed by atoms with van der Waals surface area (Å²) in [6, 6.07) is 0. The first-order valence-corrected chi connectivity index (χ1v) is 7.53. The summed E-state index contributed by atoms with van der Waals surface area (Å²) >= 11 is 0. The lowest BCUT2D eigenvalue weighted by molar-refractivity contribution is -0.142. The van der Waals surface area contributed by atoms with Crippen molar-refractivity contribution in [1.29, 1.82) is 0 Å². The second-order valence-corrected chi connectivity index (χ2v) is 6.76. The lowest BCUT2D eigenvalue weighted by atomic mass is 9.85. The van der Waals surface area contributed by atoms with Gasteiger partial charge in [0.15, 0.2) is 0 Å². The molecule has 0 aromatic carbocycles. The number of hydrogen-bond acceptors (Lipinski definition) is 1. The van der Waals surface area contributed by atoms with Crippen molar-refractivity contribution in [3.05, 3.63) is 0 Å². The van der Waals surface area contributed by atoms with Crippen LogP contribution in [-0.2, 0) is 4.79 Å². The normalized spacial score (nSPS) is 15.4. The van der Waals surface area contributed by atoms with Crippen molar-refractivity contribution in [3.8, 4) is 0 Å². The second-order valence-electron chi connectivity index (χ2n) is 6.76. The molecule has 0 aromatic heterocycles. The molecule has 0 fully saturated rings. The zero-order valence-corrected chi connectivity index (χ0v) is 13.0. The second kappa shape index (κ2) is 8.55. The molecule has 108 valence electrons. The minimum Gasteiger partial charge on any atom is -0.481 e. The van der Waals surface area contributed by atoms with Crippen LogP contribution in [0.25, 0.3) is 0 Å². The van der Waals surface area contributed by atoms with E-state index >= 15 is 0 Å². The Balaban J connectivity index is 3.93. The van der Waals surface area contributed by atoms with E-state index in [0.717, 1.165) is 19.3 Å². The average molecular weight is 256 g/mol. The molecule has 0 amide bonds. The van der Waals surface area contributed by atoms with Gasteiger partial charge < -0.3 is 5.11 Å². The highest BCUT2D eigenvalue weighted by Gasteiger charge is 2.20. The van der Waals surface area contributed by atoms with Gasteiger partial charge in [0, 0.05) is 0 Å². The van der Waals surface area contributed by atoms with E-state index in [0.29, 0.717) is 11.3 Å². The number of carboxylic acids is 1. The number of aliphatic carboxylic acids is 1. The van der Waals surface area contributed by atoms with Crippen molar-refractivity contribution in [2.24, 2.45) is 17.3 Å².